The number of carbonyl (C=O) groups is 1. The van der Waals surface area contributed by atoms with Gasteiger partial charge >= 0.3 is 0 Å². The molecule has 6 heteroatoms. The van der Waals surface area contributed by atoms with Gasteiger partial charge in [-0.05, 0) is 51.4 Å². The van der Waals surface area contributed by atoms with Gasteiger partial charge in [0.05, 0.1) is 11.7 Å². The number of halogens is 1. The van der Waals surface area contributed by atoms with Crippen molar-refractivity contribution in [3.63, 3.8) is 0 Å². The molecule has 22 heavy (non-hydrogen) atoms. The molecule has 1 aromatic carbocycles. The van der Waals surface area contributed by atoms with E-state index < -0.39 is 0 Å². The highest BCUT2D eigenvalue weighted by atomic mass is 35.5. The summed E-state index contributed by atoms with van der Waals surface area (Å²) in [5, 5.41) is 6.14. The number of amides is 1. The molecule has 1 unspecified atom stereocenters. The molecule has 0 aliphatic carbocycles. The second-order valence-electron chi connectivity index (χ2n) is 5.38. The second-order valence-corrected chi connectivity index (χ2v) is 5.38. The molecule has 1 aromatic heterocycles. The first-order valence-electron chi connectivity index (χ1n) is 7.22. The Hall–Kier alpha value is -1.85. The highest BCUT2D eigenvalue weighted by Crippen LogP contribution is 2.24. The van der Waals surface area contributed by atoms with Crippen molar-refractivity contribution < 1.29 is 9.21 Å². The first kappa shape index (κ1) is 16.5. The number of hydrogen-bond donors (Lipinski definition) is 2. The van der Waals surface area contributed by atoms with Crippen LogP contribution in [0.15, 0.2) is 28.7 Å². The molecule has 0 spiro atoms. The molecule has 1 amide bonds. The van der Waals surface area contributed by atoms with Crippen LogP contribution in [0.5, 0.6) is 0 Å². The molecule has 0 radical (unpaired) electrons. The van der Waals surface area contributed by atoms with Crippen LogP contribution < -0.4 is 10.6 Å². The van der Waals surface area contributed by atoms with E-state index >= 15 is 0 Å². The zero-order chi connectivity index (χ0) is 14.8. The maximum absolute atomic E-state index is 12.1. The second kappa shape index (κ2) is 6.94. The maximum atomic E-state index is 12.1. The summed E-state index contributed by atoms with van der Waals surface area (Å²) in [5.41, 5.74) is 2.51. The number of nitrogens with one attached hydrogen (secondary N) is 2. The van der Waals surface area contributed by atoms with Crippen molar-refractivity contribution in [3.8, 4) is 11.5 Å². The molecule has 5 nitrogen and oxygen atoms in total. The third kappa shape index (κ3) is 3.48. The average Bonchev–Trinajstić information content (AvgIpc) is 3.10. The molecule has 2 N–H and O–H groups in total. The lowest BCUT2D eigenvalue weighted by atomic mass is 10.1. The van der Waals surface area contributed by atoms with Gasteiger partial charge in [-0.25, -0.2) is 4.98 Å². The van der Waals surface area contributed by atoms with E-state index in [1.807, 2.05) is 38.1 Å². The Bertz CT molecular complexity index is 644. The van der Waals surface area contributed by atoms with Crippen molar-refractivity contribution in [3.05, 3.63) is 35.7 Å². The minimum atomic E-state index is -0.0834. The van der Waals surface area contributed by atoms with Crippen molar-refractivity contribution in [2.24, 2.45) is 0 Å². The van der Waals surface area contributed by atoms with E-state index in [1.165, 1.54) is 0 Å². The Morgan fingerprint density at radius 3 is 2.86 bits per heavy atom. The van der Waals surface area contributed by atoms with E-state index in [0.717, 1.165) is 42.1 Å². The van der Waals surface area contributed by atoms with Gasteiger partial charge in [-0.1, -0.05) is 6.07 Å². The molecule has 1 saturated heterocycles. The largest absolute Gasteiger partial charge is 0.441 e. The summed E-state index contributed by atoms with van der Waals surface area (Å²) in [4.78, 5) is 16.5. The summed E-state index contributed by atoms with van der Waals surface area (Å²) in [6, 6.07) is 7.49. The van der Waals surface area contributed by atoms with Crippen LogP contribution in [0.4, 0.5) is 5.69 Å². The lowest BCUT2D eigenvalue weighted by Gasteiger charge is -2.11. The van der Waals surface area contributed by atoms with Gasteiger partial charge in [0.2, 0.25) is 11.8 Å². The fourth-order valence-corrected chi connectivity index (χ4v) is 2.46. The van der Waals surface area contributed by atoms with Crippen LogP contribution in [-0.4, -0.2) is 23.5 Å². The van der Waals surface area contributed by atoms with Crippen LogP contribution in [0, 0.1) is 13.8 Å². The molecule has 3 rings (SSSR count). The number of nitrogens with zero attached hydrogens (tertiary/aromatic N) is 1. The SMILES string of the molecule is Cc1nc(-c2cccc(NC(=O)C3CCCN3)c2)oc1C.Cl. The smallest absolute Gasteiger partial charge is 0.241 e. The number of benzene rings is 1. The van der Waals surface area contributed by atoms with Gasteiger partial charge in [-0.3, -0.25) is 4.79 Å². The summed E-state index contributed by atoms with van der Waals surface area (Å²) in [6.45, 7) is 4.72. The Morgan fingerprint density at radius 1 is 1.41 bits per heavy atom. The first-order valence-corrected chi connectivity index (χ1v) is 7.22. The third-order valence-corrected chi connectivity index (χ3v) is 3.78. The number of aryl methyl sites for hydroxylation is 2. The number of hydrogen-bond acceptors (Lipinski definition) is 4. The summed E-state index contributed by atoms with van der Waals surface area (Å²) >= 11 is 0. The molecule has 118 valence electrons. The Morgan fingerprint density at radius 2 is 2.23 bits per heavy atom. The highest BCUT2D eigenvalue weighted by molar-refractivity contribution is 5.95. The number of aromatic nitrogens is 1. The van der Waals surface area contributed by atoms with Crippen LogP contribution in [-0.2, 0) is 4.79 Å². The normalized spacial score (nSPS) is 17.1. The van der Waals surface area contributed by atoms with Gasteiger partial charge in [0.1, 0.15) is 5.76 Å². The lowest BCUT2D eigenvalue weighted by Crippen LogP contribution is -2.35. The summed E-state index contributed by atoms with van der Waals surface area (Å²) in [6.07, 6.45) is 1.94. The van der Waals surface area contributed by atoms with E-state index in [2.05, 4.69) is 15.6 Å². The fraction of sp³-hybridized carbons (Fsp3) is 0.375. The fourth-order valence-electron chi connectivity index (χ4n) is 2.46. The summed E-state index contributed by atoms with van der Waals surface area (Å²) in [5.74, 6) is 1.42. The van der Waals surface area contributed by atoms with E-state index in [0.29, 0.717) is 5.89 Å². The van der Waals surface area contributed by atoms with Crippen LogP contribution in [0.2, 0.25) is 0 Å². The number of oxazole rings is 1. The molecular weight excluding hydrogens is 302 g/mol. The minimum absolute atomic E-state index is 0. The lowest BCUT2D eigenvalue weighted by molar-refractivity contribution is -0.117. The topological polar surface area (TPSA) is 67.2 Å². The first-order chi connectivity index (χ1) is 10.1. The van der Waals surface area contributed by atoms with Crippen molar-refractivity contribution in [2.45, 2.75) is 32.7 Å². The van der Waals surface area contributed by atoms with E-state index in [1.54, 1.807) is 0 Å². The number of rotatable bonds is 3. The molecule has 0 saturated carbocycles. The van der Waals surface area contributed by atoms with Gasteiger partial charge in [0.25, 0.3) is 0 Å². The zero-order valence-corrected chi connectivity index (χ0v) is 13.5. The monoisotopic (exact) mass is 321 g/mol. The van der Waals surface area contributed by atoms with E-state index in [4.69, 9.17) is 4.42 Å². The van der Waals surface area contributed by atoms with Crippen LogP contribution in [0.1, 0.15) is 24.3 Å². The molecule has 1 aliphatic heterocycles. The van der Waals surface area contributed by atoms with E-state index in [9.17, 15) is 4.79 Å². The van der Waals surface area contributed by atoms with Gasteiger partial charge in [-0.15, -0.1) is 12.4 Å². The quantitative estimate of drug-likeness (QED) is 0.911. The molecule has 1 atom stereocenters. The van der Waals surface area contributed by atoms with Crippen molar-refractivity contribution in [2.75, 3.05) is 11.9 Å². The van der Waals surface area contributed by atoms with Crippen LogP contribution in [0.3, 0.4) is 0 Å². The van der Waals surface area contributed by atoms with Crippen molar-refractivity contribution in [1.29, 1.82) is 0 Å². The van der Waals surface area contributed by atoms with E-state index in [-0.39, 0.29) is 24.4 Å². The molecule has 0 bridgehead atoms. The van der Waals surface area contributed by atoms with Gasteiger partial charge in [0, 0.05) is 11.3 Å². The highest BCUT2D eigenvalue weighted by Gasteiger charge is 2.22. The predicted molar refractivity (Wildman–Crippen MR) is 88.3 cm³/mol. The zero-order valence-electron chi connectivity index (χ0n) is 12.7. The Kier molecular flexibility index (Phi) is 5.21. The molecule has 2 aromatic rings. The molecule has 1 fully saturated rings. The standard InChI is InChI=1S/C16H19N3O2.ClH/c1-10-11(2)21-16(18-10)12-5-3-6-13(9-12)19-15(20)14-7-4-8-17-14;/h3,5-6,9,14,17H,4,7-8H2,1-2H3,(H,19,20);1H. The van der Waals surface area contributed by atoms with Crippen LogP contribution >= 0.6 is 12.4 Å². The van der Waals surface area contributed by atoms with Crippen molar-refractivity contribution >= 4 is 24.0 Å². The Labute approximate surface area is 135 Å². The molecular formula is C16H20ClN3O2. The predicted octanol–water partition coefficient (Wildman–Crippen LogP) is 3.07. The van der Waals surface area contributed by atoms with Gasteiger partial charge in [-0.2, -0.15) is 0 Å². The number of carbonyl (C=O) groups excluding carboxylic acids is 1. The maximum Gasteiger partial charge on any atom is 0.241 e. The van der Waals surface area contributed by atoms with Crippen molar-refractivity contribution in [1.82, 2.24) is 10.3 Å². The van der Waals surface area contributed by atoms with Crippen LogP contribution in [0.25, 0.3) is 11.5 Å². The van der Waals surface area contributed by atoms with Gasteiger partial charge in [0.15, 0.2) is 0 Å². The summed E-state index contributed by atoms with van der Waals surface area (Å²) < 4.78 is 5.62. The number of anilines is 1. The minimum Gasteiger partial charge on any atom is -0.441 e. The Balaban J connectivity index is 0.00000176. The third-order valence-electron chi connectivity index (χ3n) is 3.78. The van der Waals surface area contributed by atoms with Gasteiger partial charge < -0.3 is 15.1 Å². The summed E-state index contributed by atoms with van der Waals surface area (Å²) in [7, 11) is 0. The molecule has 2 heterocycles. The molecule has 1 aliphatic rings. The average molecular weight is 322 g/mol.